The zero-order valence-electron chi connectivity index (χ0n) is 9.18. The number of hydrogen-bond acceptors (Lipinski definition) is 3. The first-order valence-corrected chi connectivity index (χ1v) is 5.05. The Balaban J connectivity index is 2.28. The summed E-state index contributed by atoms with van der Waals surface area (Å²) in [6.07, 6.45) is 1.44. The van der Waals surface area contributed by atoms with Crippen molar-refractivity contribution in [2.45, 2.75) is 0 Å². The summed E-state index contributed by atoms with van der Waals surface area (Å²) in [6, 6.07) is 7.70. The molecule has 18 heavy (non-hydrogen) atoms. The third-order valence-corrected chi connectivity index (χ3v) is 2.28. The molecule has 0 unspecified atom stereocenters. The Morgan fingerprint density at radius 1 is 1.17 bits per heavy atom. The number of nitrogens with zero attached hydrogens (tertiary/aromatic N) is 2. The number of hydrazine groups is 1. The van der Waals surface area contributed by atoms with Gasteiger partial charge in [0.2, 0.25) is 0 Å². The lowest BCUT2D eigenvalue weighted by Crippen LogP contribution is -2.38. The summed E-state index contributed by atoms with van der Waals surface area (Å²) in [5.41, 5.74) is 0.161. The standard InChI is InChI=1S/C12H9F2N3O/c13-9-5-4-8(7-10(9)14)17(15)12(18)11-3-1-2-6-16-11/h1-7H,15H2. The molecule has 1 aromatic carbocycles. The molecule has 0 aliphatic carbocycles. The van der Waals surface area contributed by atoms with E-state index in [4.69, 9.17) is 5.84 Å². The fourth-order valence-electron chi connectivity index (χ4n) is 1.36. The molecule has 1 heterocycles. The molecule has 0 aliphatic rings. The Morgan fingerprint density at radius 3 is 2.56 bits per heavy atom. The van der Waals surface area contributed by atoms with Crippen molar-refractivity contribution >= 4 is 11.6 Å². The van der Waals surface area contributed by atoms with Crippen LogP contribution in [0, 0.1) is 11.6 Å². The van der Waals surface area contributed by atoms with Crippen LogP contribution in [0.2, 0.25) is 0 Å². The van der Waals surface area contributed by atoms with Gasteiger partial charge in [-0.25, -0.2) is 19.6 Å². The molecule has 2 aromatic rings. The predicted molar refractivity (Wildman–Crippen MR) is 61.6 cm³/mol. The van der Waals surface area contributed by atoms with E-state index >= 15 is 0 Å². The second-order valence-electron chi connectivity index (χ2n) is 3.49. The van der Waals surface area contributed by atoms with E-state index in [0.717, 1.165) is 12.1 Å². The number of nitrogens with two attached hydrogens (primary N) is 1. The lowest BCUT2D eigenvalue weighted by atomic mass is 10.2. The molecule has 2 rings (SSSR count). The molecule has 6 heteroatoms. The monoisotopic (exact) mass is 249 g/mol. The maximum absolute atomic E-state index is 13.0. The number of aromatic nitrogens is 1. The normalized spacial score (nSPS) is 10.2. The number of pyridine rings is 1. The van der Waals surface area contributed by atoms with Crippen molar-refractivity contribution in [3.63, 3.8) is 0 Å². The lowest BCUT2D eigenvalue weighted by molar-refractivity contribution is 0.0982. The van der Waals surface area contributed by atoms with Crippen LogP contribution in [0.15, 0.2) is 42.6 Å². The minimum Gasteiger partial charge on any atom is -0.265 e. The highest BCUT2D eigenvalue weighted by atomic mass is 19.2. The minimum atomic E-state index is -1.07. The van der Waals surface area contributed by atoms with Crippen LogP contribution in [0.5, 0.6) is 0 Å². The van der Waals surface area contributed by atoms with Gasteiger partial charge in [0, 0.05) is 12.3 Å². The van der Waals surface area contributed by atoms with E-state index in [1.165, 1.54) is 18.3 Å². The van der Waals surface area contributed by atoms with Gasteiger partial charge >= 0.3 is 0 Å². The molecule has 0 saturated heterocycles. The average Bonchev–Trinajstić information content (AvgIpc) is 2.41. The average molecular weight is 249 g/mol. The molecule has 0 spiro atoms. The quantitative estimate of drug-likeness (QED) is 0.502. The van der Waals surface area contributed by atoms with E-state index in [1.807, 2.05) is 0 Å². The first kappa shape index (κ1) is 12.1. The zero-order valence-corrected chi connectivity index (χ0v) is 9.18. The second kappa shape index (κ2) is 4.89. The molecule has 0 fully saturated rings. The number of rotatable bonds is 2. The van der Waals surface area contributed by atoms with Crippen LogP contribution < -0.4 is 10.9 Å². The van der Waals surface area contributed by atoms with Crippen LogP contribution >= 0.6 is 0 Å². The number of carbonyl (C=O) groups excluding carboxylic acids is 1. The van der Waals surface area contributed by atoms with Crippen molar-refractivity contribution in [2.24, 2.45) is 5.84 Å². The molecular formula is C12H9F2N3O. The van der Waals surface area contributed by atoms with Crippen LogP contribution in [-0.2, 0) is 0 Å². The van der Waals surface area contributed by atoms with Crippen LogP contribution in [0.3, 0.4) is 0 Å². The zero-order chi connectivity index (χ0) is 13.1. The van der Waals surface area contributed by atoms with Crippen molar-refractivity contribution in [1.82, 2.24) is 4.98 Å². The number of amides is 1. The van der Waals surface area contributed by atoms with Crippen LogP contribution in [0.4, 0.5) is 14.5 Å². The summed E-state index contributed by atoms with van der Waals surface area (Å²) in [5, 5.41) is 0.713. The van der Waals surface area contributed by atoms with Gasteiger partial charge in [0.15, 0.2) is 11.6 Å². The topological polar surface area (TPSA) is 59.2 Å². The van der Waals surface area contributed by atoms with Gasteiger partial charge in [0.05, 0.1) is 5.69 Å². The van der Waals surface area contributed by atoms with E-state index in [2.05, 4.69) is 4.98 Å². The molecular weight excluding hydrogens is 240 g/mol. The third kappa shape index (κ3) is 2.33. The van der Waals surface area contributed by atoms with Gasteiger partial charge in [-0.15, -0.1) is 0 Å². The largest absolute Gasteiger partial charge is 0.291 e. The molecule has 4 nitrogen and oxygen atoms in total. The van der Waals surface area contributed by atoms with Crippen molar-refractivity contribution in [2.75, 3.05) is 5.01 Å². The van der Waals surface area contributed by atoms with Gasteiger partial charge in [0.25, 0.3) is 5.91 Å². The summed E-state index contributed by atoms with van der Waals surface area (Å²) < 4.78 is 25.8. The molecule has 0 bridgehead atoms. The van der Waals surface area contributed by atoms with Gasteiger partial charge < -0.3 is 0 Å². The van der Waals surface area contributed by atoms with Gasteiger partial charge in [0.1, 0.15) is 5.69 Å². The van der Waals surface area contributed by atoms with Crippen molar-refractivity contribution in [3.05, 3.63) is 59.9 Å². The Labute approximate surface area is 102 Å². The van der Waals surface area contributed by atoms with Gasteiger partial charge in [-0.2, -0.15) is 0 Å². The third-order valence-electron chi connectivity index (χ3n) is 2.28. The number of hydrogen-bond donors (Lipinski definition) is 1. The highest BCUT2D eigenvalue weighted by Crippen LogP contribution is 2.16. The number of anilines is 1. The summed E-state index contributed by atoms with van der Waals surface area (Å²) in [6.45, 7) is 0. The summed E-state index contributed by atoms with van der Waals surface area (Å²) in [4.78, 5) is 15.7. The molecule has 0 radical (unpaired) electrons. The highest BCUT2D eigenvalue weighted by molar-refractivity contribution is 6.03. The van der Waals surface area contributed by atoms with Crippen molar-refractivity contribution in [1.29, 1.82) is 0 Å². The van der Waals surface area contributed by atoms with Gasteiger partial charge in [-0.05, 0) is 24.3 Å². The molecule has 0 saturated carbocycles. The Morgan fingerprint density at radius 2 is 1.94 bits per heavy atom. The SMILES string of the molecule is NN(C(=O)c1ccccn1)c1ccc(F)c(F)c1. The first-order valence-electron chi connectivity index (χ1n) is 5.05. The smallest absolute Gasteiger partial charge is 0.265 e. The number of carbonyl (C=O) groups is 1. The number of benzene rings is 1. The fourth-order valence-corrected chi connectivity index (χ4v) is 1.36. The van der Waals surface area contributed by atoms with Gasteiger partial charge in [-0.1, -0.05) is 6.07 Å². The molecule has 1 aromatic heterocycles. The maximum atomic E-state index is 13.0. The van der Waals surface area contributed by atoms with E-state index in [-0.39, 0.29) is 11.4 Å². The van der Waals surface area contributed by atoms with E-state index in [1.54, 1.807) is 12.1 Å². The Bertz CT molecular complexity index is 575. The van der Waals surface area contributed by atoms with Gasteiger partial charge in [-0.3, -0.25) is 9.78 Å². The fraction of sp³-hybridized carbons (Fsp3) is 0. The van der Waals surface area contributed by atoms with Crippen LogP contribution in [0.25, 0.3) is 0 Å². The predicted octanol–water partition coefficient (Wildman–Crippen LogP) is 1.88. The van der Waals surface area contributed by atoms with Crippen LogP contribution in [-0.4, -0.2) is 10.9 Å². The summed E-state index contributed by atoms with van der Waals surface area (Å²) in [7, 11) is 0. The number of halogens is 2. The maximum Gasteiger partial charge on any atom is 0.291 e. The molecule has 0 atom stereocenters. The van der Waals surface area contributed by atoms with E-state index < -0.39 is 17.5 Å². The van der Waals surface area contributed by atoms with E-state index in [0.29, 0.717) is 5.01 Å². The Kier molecular flexibility index (Phi) is 3.29. The van der Waals surface area contributed by atoms with E-state index in [9.17, 15) is 13.6 Å². The summed E-state index contributed by atoms with van der Waals surface area (Å²) >= 11 is 0. The molecule has 2 N–H and O–H groups in total. The van der Waals surface area contributed by atoms with Crippen molar-refractivity contribution in [3.8, 4) is 0 Å². The van der Waals surface area contributed by atoms with Crippen LogP contribution in [0.1, 0.15) is 10.5 Å². The Hall–Kier alpha value is -2.34. The molecule has 1 amide bonds. The minimum absolute atomic E-state index is 0.0459. The highest BCUT2D eigenvalue weighted by Gasteiger charge is 2.16. The van der Waals surface area contributed by atoms with Crippen molar-refractivity contribution < 1.29 is 13.6 Å². The second-order valence-corrected chi connectivity index (χ2v) is 3.49. The summed E-state index contributed by atoms with van der Waals surface area (Å²) in [5.74, 6) is 2.86. The lowest BCUT2D eigenvalue weighted by Gasteiger charge is -2.16. The first-order chi connectivity index (χ1) is 8.59. The molecule has 0 aliphatic heterocycles. The molecule has 92 valence electrons.